The van der Waals surface area contributed by atoms with Crippen LogP contribution in [0.25, 0.3) is 0 Å². The molecular formula is C20H19F3N4O. The van der Waals surface area contributed by atoms with Crippen LogP contribution in [0.3, 0.4) is 0 Å². The van der Waals surface area contributed by atoms with Crippen molar-refractivity contribution in [2.75, 3.05) is 24.3 Å². The molecule has 0 fully saturated rings. The van der Waals surface area contributed by atoms with Crippen molar-refractivity contribution < 1.29 is 18.0 Å². The number of aromatic nitrogens is 2. The van der Waals surface area contributed by atoms with Gasteiger partial charge in [0.1, 0.15) is 0 Å². The van der Waals surface area contributed by atoms with Crippen LogP contribution in [0, 0.1) is 0 Å². The van der Waals surface area contributed by atoms with Crippen LogP contribution >= 0.6 is 0 Å². The van der Waals surface area contributed by atoms with Crippen molar-refractivity contribution in [2.45, 2.75) is 12.7 Å². The molecule has 0 radical (unpaired) electrons. The van der Waals surface area contributed by atoms with Gasteiger partial charge in [-0.25, -0.2) is 0 Å². The summed E-state index contributed by atoms with van der Waals surface area (Å²) in [6, 6.07) is 12.2. The van der Waals surface area contributed by atoms with E-state index in [0.717, 1.165) is 17.8 Å². The first-order chi connectivity index (χ1) is 13.2. The maximum Gasteiger partial charge on any atom is 0.416 e. The number of benzene rings is 2. The number of amides is 1. The topological polar surface area (TPSA) is 50.2 Å². The molecule has 3 rings (SSSR count). The van der Waals surface area contributed by atoms with E-state index in [1.54, 1.807) is 30.5 Å². The molecule has 8 heteroatoms. The quantitative estimate of drug-likeness (QED) is 0.710. The fourth-order valence-corrected chi connectivity index (χ4v) is 2.68. The van der Waals surface area contributed by atoms with E-state index in [1.807, 2.05) is 25.1 Å². The molecule has 1 aromatic heterocycles. The Hall–Kier alpha value is -3.29. The van der Waals surface area contributed by atoms with Crippen molar-refractivity contribution >= 4 is 17.3 Å². The van der Waals surface area contributed by atoms with Crippen molar-refractivity contribution in [3.8, 4) is 0 Å². The Kier molecular flexibility index (Phi) is 5.39. The minimum Gasteiger partial charge on any atom is -0.378 e. The minimum absolute atomic E-state index is 0.163. The first-order valence-electron chi connectivity index (χ1n) is 8.50. The average Bonchev–Trinajstić information content (AvgIpc) is 3.08. The van der Waals surface area contributed by atoms with Crippen LogP contribution in [0.5, 0.6) is 0 Å². The first kappa shape index (κ1) is 19.5. The van der Waals surface area contributed by atoms with Crippen molar-refractivity contribution in [3.05, 3.63) is 77.6 Å². The van der Waals surface area contributed by atoms with Gasteiger partial charge in [-0.3, -0.25) is 9.48 Å². The number of carbonyl (C=O) groups excluding carboxylic acids is 1. The van der Waals surface area contributed by atoms with Gasteiger partial charge < -0.3 is 10.2 Å². The third-order valence-electron chi connectivity index (χ3n) is 4.11. The Balaban J connectivity index is 1.69. The maximum atomic E-state index is 12.8. The number of nitrogens with zero attached hydrogens (tertiary/aromatic N) is 3. The van der Waals surface area contributed by atoms with E-state index in [0.29, 0.717) is 16.8 Å². The molecule has 1 heterocycles. The molecule has 0 spiro atoms. The van der Waals surface area contributed by atoms with Crippen LogP contribution in [0.4, 0.5) is 24.5 Å². The fraction of sp³-hybridized carbons (Fsp3) is 0.200. The van der Waals surface area contributed by atoms with E-state index in [2.05, 4.69) is 10.4 Å². The van der Waals surface area contributed by atoms with Crippen LogP contribution in [0.1, 0.15) is 21.5 Å². The first-order valence-corrected chi connectivity index (χ1v) is 8.50. The Bertz CT molecular complexity index is 979. The highest BCUT2D eigenvalue weighted by Gasteiger charge is 2.30. The number of halogens is 3. The summed E-state index contributed by atoms with van der Waals surface area (Å²) in [4.78, 5) is 14.3. The van der Waals surface area contributed by atoms with E-state index >= 15 is 0 Å². The molecule has 1 N–H and O–H groups in total. The molecule has 2 aromatic carbocycles. The number of alkyl halides is 3. The van der Waals surface area contributed by atoms with Gasteiger partial charge >= 0.3 is 6.18 Å². The molecule has 0 aliphatic carbocycles. The second kappa shape index (κ2) is 7.75. The number of rotatable bonds is 5. The van der Waals surface area contributed by atoms with E-state index in [9.17, 15) is 18.0 Å². The highest BCUT2D eigenvalue weighted by Crippen LogP contribution is 2.29. The number of carbonyl (C=O) groups is 1. The van der Waals surface area contributed by atoms with Gasteiger partial charge in [-0.05, 0) is 35.9 Å². The van der Waals surface area contributed by atoms with Gasteiger partial charge in [0.25, 0.3) is 5.91 Å². The third-order valence-corrected chi connectivity index (χ3v) is 4.11. The molecule has 0 atom stereocenters. The van der Waals surface area contributed by atoms with E-state index in [4.69, 9.17) is 0 Å². The monoisotopic (exact) mass is 388 g/mol. The van der Waals surface area contributed by atoms with Crippen LogP contribution in [-0.4, -0.2) is 29.8 Å². The Morgan fingerprint density at radius 1 is 1.14 bits per heavy atom. The zero-order valence-electron chi connectivity index (χ0n) is 15.4. The SMILES string of the molecule is CN(C)c1cccc(C(=O)Nc2cnn(Cc3cccc(C(F)(F)F)c3)c2)c1. The lowest BCUT2D eigenvalue weighted by molar-refractivity contribution is -0.137. The molecular weight excluding hydrogens is 369 g/mol. The summed E-state index contributed by atoms with van der Waals surface area (Å²) in [5.41, 5.74) is 1.62. The van der Waals surface area contributed by atoms with E-state index in [1.165, 1.54) is 16.9 Å². The van der Waals surface area contributed by atoms with Crippen molar-refractivity contribution in [1.82, 2.24) is 9.78 Å². The molecule has 1 amide bonds. The van der Waals surface area contributed by atoms with Crippen LogP contribution in [0.15, 0.2) is 60.9 Å². The average molecular weight is 388 g/mol. The van der Waals surface area contributed by atoms with Crippen molar-refractivity contribution in [1.29, 1.82) is 0 Å². The summed E-state index contributed by atoms with van der Waals surface area (Å²) >= 11 is 0. The zero-order chi connectivity index (χ0) is 20.3. The van der Waals surface area contributed by atoms with Gasteiger partial charge in [0, 0.05) is 31.5 Å². The van der Waals surface area contributed by atoms with Crippen LogP contribution in [0.2, 0.25) is 0 Å². The molecule has 28 heavy (non-hydrogen) atoms. The maximum absolute atomic E-state index is 12.8. The lowest BCUT2D eigenvalue weighted by Crippen LogP contribution is -2.14. The Labute approximate surface area is 160 Å². The molecule has 146 valence electrons. The zero-order valence-corrected chi connectivity index (χ0v) is 15.4. The molecule has 0 aliphatic rings. The molecule has 0 saturated heterocycles. The predicted molar refractivity (Wildman–Crippen MR) is 101 cm³/mol. The number of nitrogens with one attached hydrogen (secondary N) is 1. The number of hydrogen-bond donors (Lipinski definition) is 1. The largest absolute Gasteiger partial charge is 0.416 e. The number of hydrogen-bond acceptors (Lipinski definition) is 3. The summed E-state index contributed by atoms with van der Waals surface area (Å²) in [5, 5.41) is 6.85. The Morgan fingerprint density at radius 2 is 1.89 bits per heavy atom. The highest BCUT2D eigenvalue weighted by molar-refractivity contribution is 6.04. The van der Waals surface area contributed by atoms with Crippen molar-refractivity contribution in [2.24, 2.45) is 0 Å². The minimum atomic E-state index is -4.39. The molecule has 0 saturated carbocycles. The molecule has 0 unspecified atom stereocenters. The molecule has 0 aliphatic heterocycles. The summed E-state index contributed by atoms with van der Waals surface area (Å²) < 4.78 is 39.9. The third kappa shape index (κ3) is 4.70. The van der Waals surface area contributed by atoms with Gasteiger partial charge in [-0.15, -0.1) is 0 Å². The summed E-state index contributed by atoms with van der Waals surface area (Å²) in [6.45, 7) is 0.163. The fourth-order valence-electron chi connectivity index (χ4n) is 2.68. The highest BCUT2D eigenvalue weighted by atomic mass is 19.4. The second-order valence-electron chi connectivity index (χ2n) is 6.52. The van der Waals surface area contributed by atoms with Gasteiger partial charge in [0.05, 0.1) is 24.0 Å². The lowest BCUT2D eigenvalue weighted by atomic mass is 10.1. The summed E-state index contributed by atoms with van der Waals surface area (Å²) in [5.74, 6) is -0.290. The molecule has 3 aromatic rings. The molecule has 0 bridgehead atoms. The van der Waals surface area contributed by atoms with Gasteiger partial charge in [-0.2, -0.15) is 18.3 Å². The van der Waals surface area contributed by atoms with Crippen LogP contribution in [-0.2, 0) is 12.7 Å². The van der Waals surface area contributed by atoms with E-state index in [-0.39, 0.29) is 12.5 Å². The molecule has 5 nitrogen and oxygen atoms in total. The summed E-state index contributed by atoms with van der Waals surface area (Å²) in [6.07, 6.45) is -1.35. The standard InChI is InChI=1S/C20H19F3N4O/c1-26(2)18-8-4-6-15(10-18)19(28)25-17-11-24-27(13-17)12-14-5-3-7-16(9-14)20(21,22)23/h3-11,13H,12H2,1-2H3,(H,25,28). The van der Waals surface area contributed by atoms with Crippen LogP contribution < -0.4 is 10.2 Å². The predicted octanol–water partition coefficient (Wildman–Crippen LogP) is 4.27. The van der Waals surface area contributed by atoms with Gasteiger partial charge in [-0.1, -0.05) is 18.2 Å². The Morgan fingerprint density at radius 3 is 2.61 bits per heavy atom. The lowest BCUT2D eigenvalue weighted by Gasteiger charge is -2.13. The smallest absolute Gasteiger partial charge is 0.378 e. The normalized spacial score (nSPS) is 11.3. The van der Waals surface area contributed by atoms with Gasteiger partial charge in [0.15, 0.2) is 0 Å². The van der Waals surface area contributed by atoms with Crippen molar-refractivity contribution in [3.63, 3.8) is 0 Å². The second-order valence-corrected chi connectivity index (χ2v) is 6.52. The number of anilines is 2. The summed E-state index contributed by atoms with van der Waals surface area (Å²) in [7, 11) is 3.77. The van der Waals surface area contributed by atoms with E-state index < -0.39 is 11.7 Å². The van der Waals surface area contributed by atoms with Gasteiger partial charge in [0.2, 0.25) is 0 Å².